The molecule has 0 amide bonds. The average Bonchev–Trinajstić information content (AvgIpc) is 2.54. The predicted octanol–water partition coefficient (Wildman–Crippen LogP) is 2.95. The second-order valence-electron chi connectivity index (χ2n) is 4.64. The maximum atomic E-state index is 4.34. The van der Waals surface area contributed by atoms with Crippen LogP contribution in [0.1, 0.15) is 44.7 Å². The molecule has 0 saturated carbocycles. The van der Waals surface area contributed by atoms with Crippen molar-refractivity contribution in [1.29, 1.82) is 0 Å². The normalized spacial score (nSPS) is 26.7. The van der Waals surface area contributed by atoms with Crippen molar-refractivity contribution >= 4 is 15.9 Å². The van der Waals surface area contributed by atoms with E-state index in [0.717, 1.165) is 17.4 Å². The quantitative estimate of drug-likeness (QED) is 0.906. The van der Waals surface area contributed by atoms with Gasteiger partial charge >= 0.3 is 0 Å². The van der Waals surface area contributed by atoms with Gasteiger partial charge in [-0.05, 0) is 41.7 Å². The van der Waals surface area contributed by atoms with Crippen molar-refractivity contribution in [2.45, 2.75) is 44.6 Å². The minimum Gasteiger partial charge on any atom is -0.306 e. The molecule has 0 bridgehead atoms. The maximum Gasteiger partial charge on any atom is 0.0723 e. The summed E-state index contributed by atoms with van der Waals surface area (Å²) in [5.41, 5.74) is 1.41. The van der Waals surface area contributed by atoms with Crippen molar-refractivity contribution in [1.82, 2.24) is 15.1 Å². The van der Waals surface area contributed by atoms with E-state index in [1.165, 1.54) is 31.4 Å². The molecule has 4 heteroatoms. The van der Waals surface area contributed by atoms with Crippen molar-refractivity contribution in [3.05, 3.63) is 16.4 Å². The molecule has 0 radical (unpaired) electrons. The van der Waals surface area contributed by atoms with Gasteiger partial charge in [0.05, 0.1) is 21.9 Å². The van der Waals surface area contributed by atoms with Crippen LogP contribution >= 0.6 is 15.9 Å². The molecule has 1 aliphatic rings. The molecular weight excluding hydrogens is 266 g/mol. The Bertz CT molecular complexity index is 332. The Morgan fingerprint density at radius 1 is 1.50 bits per heavy atom. The van der Waals surface area contributed by atoms with Crippen molar-refractivity contribution < 1.29 is 0 Å². The zero-order valence-corrected chi connectivity index (χ0v) is 11.7. The van der Waals surface area contributed by atoms with Gasteiger partial charge in [0.1, 0.15) is 0 Å². The molecule has 1 aliphatic heterocycles. The summed E-state index contributed by atoms with van der Waals surface area (Å²) in [6.45, 7) is 3.38. The van der Waals surface area contributed by atoms with Gasteiger partial charge in [0, 0.05) is 7.05 Å². The lowest BCUT2D eigenvalue weighted by atomic mass is 9.87. The second-order valence-corrected chi connectivity index (χ2v) is 5.49. The second kappa shape index (κ2) is 4.88. The Morgan fingerprint density at radius 3 is 2.94 bits per heavy atom. The molecule has 1 aromatic rings. The molecule has 2 rings (SSSR count). The van der Waals surface area contributed by atoms with Crippen molar-refractivity contribution in [3.63, 3.8) is 0 Å². The lowest BCUT2D eigenvalue weighted by Crippen LogP contribution is -2.43. The van der Waals surface area contributed by atoms with Gasteiger partial charge in [-0.3, -0.25) is 4.68 Å². The highest BCUT2D eigenvalue weighted by molar-refractivity contribution is 9.10. The maximum absolute atomic E-state index is 4.34. The number of halogens is 1. The highest BCUT2D eigenvalue weighted by Gasteiger charge is 2.35. The van der Waals surface area contributed by atoms with E-state index in [1.54, 1.807) is 0 Å². The first-order chi connectivity index (χ1) is 7.69. The van der Waals surface area contributed by atoms with E-state index in [-0.39, 0.29) is 5.54 Å². The van der Waals surface area contributed by atoms with E-state index in [1.807, 2.05) is 17.9 Å². The Hall–Kier alpha value is -0.350. The lowest BCUT2D eigenvalue weighted by molar-refractivity contribution is 0.291. The van der Waals surface area contributed by atoms with Gasteiger partial charge in [-0.25, -0.2) is 0 Å². The highest BCUT2D eigenvalue weighted by Crippen LogP contribution is 2.36. The first-order valence-corrected chi connectivity index (χ1v) is 6.92. The Labute approximate surface area is 106 Å². The summed E-state index contributed by atoms with van der Waals surface area (Å²) in [6, 6.07) is 0. The van der Waals surface area contributed by atoms with Crippen molar-refractivity contribution in [2.24, 2.45) is 7.05 Å². The number of nitrogens with one attached hydrogen (secondary N) is 1. The molecule has 3 nitrogen and oxygen atoms in total. The van der Waals surface area contributed by atoms with E-state index < -0.39 is 0 Å². The van der Waals surface area contributed by atoms with Gasteiger partial charge in [0.2, 0.25) is 0 Å². The first kappa shape index (κ1) is 12.1. The average molecular weight is 286 g/mol. The molecule has 2 heterocycles. The van der Waals surface area contributed by atoms with Crippen LogP contribution in [-0.2, 0) is 12.6 Å². The van der Waals surface area contributed by atoms with Crippen LogP contribution in [-0.4, -0.2) is 16.3 Å². The van der Waals surface area contributed by atoms with Crippen LogP contribution in [0.25, 0.3) is 0 Å². The number of hydrogen-bond acceptors (Lipinski definition) is 2. The van der Waals surface area contributed by atoms with Gasteiger partial charge in [-0.1, -0.05) is 19.8 Å². The molecule has 0 spiro atoms. The van der Waals surface area contributed by atoms with Gasteiger partial charge < -0.3 is 5.32 Å². The van der Waals surface area contributed by atoms with Crippen LogP contribution in [0.5, 0.6) is 0 Å². The van der Waals surface area contributed by atoms with Crippen LogP contribution in [0.3, 0.4) is 0 Å². The summed E-state index contributed by atoms with van der Waals surface area (Å²) in [5, 5.41) is 8.08. The van der Waals surface area contributed by atoms with Crippen molar-refractivity contribution in [3.8, 4) is 0 Å². The monoisotopic (exact) mass is 285 g/mol. The number of rotatable bonds is 2. The van der Waals surface area contributed by atoms with Crippen LogP contribution < -0.4 is 5.32 Å². The van der Waals surface area contributed by atoms with Gasteiger partial charge in [-0.2, -0.15) is 5.10 Å². The SMILES string of the molecule is CCC1(c2c(Br)cnn2C)CCCCCN1. The molecule has 1 atom stereocenters. The largest absolute Gasteiger partial charge is 0.306 e. The van der Waals surface area contributed by atoms with Gasteiger partial charge in [-0.15, -0.1) is 0 Å². The zero-order valence-electron chi connectivity index (χ0n) is 10.1. The van der Waals surface area contributed by atoms with E-state index in [4.69, 9.17) is 0 Å². The lowest BCUT2D eigenvalue weighted by Gasteiger charge is -2.33. The fourth-order valence-corrected chi connectivity index (χ4v) is 3.49. The molecule has 0 aromatic carbocycles. The fourth-order valence-electron chi connectivity index (χ4n) is 2.77. The summed E-state index contributed by atoms with van der Waals surface area (Å²) >= 11 is 3.63. The molecule has 90 valence electrons. The van der Waals surface area contributed by atoms with E-state index in [2.05, 4.69) is 33.3 Å². The molecule has 1 saturated heterocycles. The minimum atomic E-state index is 0.112. The first-order valence-electron chi connectivity index (χ1n) is 6.12. The zero-order chi connectivity index (χ0) is 11.6. The topological polar surface area (TPSA) is 29.9 Å². The number of hydrogen-bond donors (Lipinski definition) is 1. The third-order valence-corrected chi connectivity index (χ3v) is 4.27. The summed E-state index contributed by atoms with van der Waals surface area (Å²) in [7, 11) is 2.03. The van der Waals surface area contributed by atoms with E-state index in [9.17, 15) is 0 Å². The van der Waals surface area contributed by atoms with E-state index in [0.29, 0.717) is 0 Å². The van der Waals surface area contributed by atoms with Crippen LogP contribution in [0.4, 0.5) is 0 Å². The number of aromatic nitrogens is 2. The molecule has 1 aromatic heterocycles. The van der Waals surface area contributed by atoms with Crippen LogP contribution in [0, 0.1) is 0 Å². The highest BCUT2D eigenvalue weighted by atomic mass is 79.9. The number of aryl methyl sites for hydroxylation is 1. The molecular formula is C12H20BrN3. The third kappa shape index (κ3) is 2.05. The Kier molecular flexibility index (Phi) is 3.70. The molecule has 1 fully saturated rings. The summed E-state index contributed by atoms with van der Waals surface area (Å²) in [4.78, 5) is 0. The fraction of sp³-hybridized carbons (Fsp3) is 0.750. The number of nitrogens with zero attached hydrogens (tertiary/aromatic N) is 2. The van der Waals surface area contributed by atoms with Crippen LogP contribution in [0.15, 0.2) is 10.7 Å². The molecule has 1 N–H and O–H groups in total. The smallest absolute Gasteiger partial charge is 0.0723 e. The summed E-state index contributed by atoms with van der Waals surface area (Å²) in [5.74, 6) is 0. The van der Waals surface area contributed by atoms with Gasteiger partial charge in [0.25, 0.3) is 0 Å². The van der Waals surface area contributed by atoms with Gasteiger partial charge in [0.15, 0.2) is 0 Å². The molecule has 16 heavy (non-hydrogen) atoms. The molecule has 1 unspecified atom stereocenters. The third-order valence-electron chi connectivity index (χ3n) is 3.69. The standard InChI is InChI=1S/C12H20BrN3/c1-3-12(7-5-4-6-8-14-12)11-10(13)9-15-16(11)2/h9,14H,3-8H2,1-2H3. The van der Waals surface area contributed by atoms with Crippen LogP contribution in [0.2, 0.25) is 0 Å². The Morgan fingerprint density at radius 2 is 2.31 bits per heavy atom. The molecule has 0 aliphatic carbocycles. The van der Waals surface area contributed by atoms with Crippen molar-refractivity contribution in [2.75, 3.05) is 6.54 Å². The minimum absolute atomic E-state index is 0.112. The predicted molar refractivity (Wildman–Crippen MR) is 69.3 cm³/mol. The Balaban J connectivity index is 2.39. The summed E-state index contributed by atoms with van der Waals surface area (Å²) in [6.07, 6.45) is 8.16. The summed E-state index contributed by atoms with van der Waals surface area (Å²) < 4.78 is 3.14. The van der Waals surface area contributed by atoms with E-state index >= 15 is 0 Å².